The molecule has 1 aliphatic rings. The molecule has 2 rings (SSSR count). The molecule has 100 valence electrons. The SMILES string of the molecule is CNc1nc(NC2CCC(OC)C2)nc(OC)n1. The van der Waals surface area contributed by atoms with E-state index < -0.39 is 0 Å². The van der Waals surface area contributed by atoms with E-state index in [9.17, 15) is 0 Å². The molecule has 1 heterocycles. The van der Waals surface area contributed by atoms with Crippen molar-refractivity contribution in [2.45, 2.75) is 31.4 Å². The Morgan fingerprint density at radius 2 is 1.89 bits per heavy atom. The zero-order valence-electron chi connectivity index (χ0n) is 10.9. The van der Waals surface area contributed by atoms with Crippen LogP contribution in [0, 0.1) is 0 Å². The normalized spacial score (nSPS) is 22.8. The Kier molecular flexibility index (Phi) is 4.14. The van der Waals surface area contributed by atoms with Crippen LogP contribution in [0.1, 0.15) is 19.3 Å². The Labute approximate surface area is 106 Å². The molecule has 18 heavy (non-hydrogen) atoms. The molecular formula is C11H19N5O2. The quantitative estimate of drug-likeness (QED) is 0.806. The fourth-order valence-electron chi connectivity index (χ4n) is 2.09. The van der Waals surface area contributed by atoms with Gasteiger partial charge in [0.1, 0.15) is 0 Å². The lowest BCUT2D eigenvalue weighted by Gasteiger charge is -2.13. The summed E-state index contributed by atoms with van der Waals surface area (Å²) in [5.74, 6) is 1.03. The maximum Gasteiger partial charge on any atom is 0.322 e. The minimum atomic E-state index is 0.304. The Hall–Kier alpha value is -1.63. The largest absolute Gasteiger partial charge is 0.467 e. The van der Waals surface area contributed by atoms with Crippen LogP contribution in [0.2, 0.25) is 0 Å². The summed E-state index contributed by atoms with van der Waals surface area (Å²) in [4.78, 5) is 12.5. The molecule has 2 atom stereocenters. The molecule has 1 saturated carbocycles. The second-order valence-corrected chi connectivity index (χ2v) is 4.23. The third-order valence-electron chi connectivity index (χ3n) is 3.07. The highest BCUT2D eigenvalue weighted by Crippen LogP contribution is 2.24. The van der Waals surface area contributed by atoms with E-state index in [-0.39, 0.29) is 0 Å². The Bertz CT molecular complexity index is 379. The van der Waals surface area contributed by atoms with Gasteiger partial charge in [-0.15, -0.1) is 0 Å². The fourth-order valence-corrected chi connectivity index (χ4v) is 2.09. The van der Waals surface area contributed by atoms with Gasteiger partial charge in [0.15, 0.2) is 0 Å². The molecule has 0 bridgehead atoms. The molecule has 1 fully saturated rings. The van der Waals surface area contributed by atoms with E-state index in [1.54, 1.807) is 14.2 Å². The van der Waals surface area contributed by atoms with Gasteiger partial charge in [-0.3, -0.25) is 0 Å². The van der Waals surface area contributed by atoms with Gasteiger partial charge in [0.05, 0.1) is 13.2 Å². The zero-order chi connectivity index (χ0) is 13.0. The summed E-state index contributed by atoms with van der Waals surface area (Å²) >= 11 is 0. The highest BCUT2D eigenvalue weighted by Gasteiger charge is 2.25. The summed E-state index contributed by atoms with van der Waals surface area (Å²) in [5, 5.41) is 6.17. The lowest BCUT2D eigenvalue weighted by atomic mass is 10.2. The van der Waals surface area contributed by atoms with Gasteiger partial charge in [-0.25, -0.2) is 0 Å². The molecule has 0 aromatic carbocycles. The molecule has 0 saturated heterocycles. The van der Waals surface area contributed by atoms with E-state index in [2.05, 4.69) is 25.6 Å². The third-order valence-corrected chi connectivity index (χ3v) is 3.07. The van der Waals surface area contributed by atoms with Gasteiger partial charge in [-0.2, -0.15) is 15.0 Å². The second-order valence-electron chi connectivity index (χ2n) is 4.23. The number of nitrogens with zero attached hydrogens (tertiary/aromatic N) is 3. The van der Waals surface area contributed by atoms with Crippen molar-refractivity contribution >= 4 is 11.9 Å². The summed E-state index contributed by atoms with van der Waals surface area (Å²) in [6.45, 7) is 0. The number of aromatic nitrogens is 3. The van der Waals surface area contributed by atoms with Gasteiger partial charge in [-0.1, -0.05) is 0 Å². The van der Waals surface area contributed by atoms with Gasteiger partial charge < -0.3 is 20.1 Å². The number of anilines is 2. The molecule has 7 nitrogen and oxygen atoms in total. The van der Waals surface area contributed by atoms with Crippen LogP contribution < -0.4 is 15.4 Å². The van der Waals surface area contributed by atoms with Gasteiger partial charge in [0, 0.05) is 20.2 Å². The predicted octanol–water partition coefficient (Wildman–Crippen LogP) is 0.901. The summed E-state index contributed by atoms with van der Waals surface area (Å²) in [6, 6.07) is 0.643. The lowest BCUT2D eigenvalue weighted by molar-refractivity contribution is 0.108. The number of hydrogen-bond acceptors (Lipinski definition) is 7. The number of rotatable bonds is 5. The molecule has 1 aliphatic carbocycles. The first-order valence-corrected chi connectivity index (χ1v) is 6.02. The second kappa shape index (κ2) is 5.81. The zero-order valence-corrected chi connectivity index (χ0v) is 10.9. The molecule has 1 aromatic rings. The number of hydrogen-bond donors (Lipinski definition) is 2. The minimum absolute atomic E-state index is 0.304. The molecule has 0 aliphatic heterocycles. The molecule has 0 amide bonds. The molecule has 0 radical (unpaired) electrons. The van der Waals surface area contributed by atoms with Gasteiger partial charge in [-0.05, 0) is 19.3 Å². The minimum Gasteiger partial charge on any atom is -0.467 e. The van der Waals surface area contributed by atoms with Crippen LogP contribution >= 0.6 is 0 Å². The third kappa shape index (κ3) is 2.98. The van der Waals surface area contributed by atoms with E-state index in [1.165, 1.54) is 7.11 Å². The Morgan fingerprint density at radius 1 is 1.11 bits per heavy atom. The van der Waals surface area contributed by atoms with Crippen molar-refractivity contribution in [1.82, 2.24) is 15.0 Å². The first kappa shape index (κ1) is 12.8. The smallest absolute Gasteiger partial charge is 0.322 e. The average molecular weight is 253 g/mol. The average Bonchev–Trinajstić information content (AvgIpc) is 2.85. The highest BCUT2D eigenvalue weighted by atomic mass is 16.5. The van der Waals surface area contributed by atoms with E-state index in [1.807, 2.05) is 0 Å². The van der Waals surface area contributed by atoms with E-state index in [4.69, 9.17) is 9.47 Å². The topological polar surface area (TPSA) is 81.2 Å². The van der Waals surface area contributed by atoms with Gasteiger partial charge >= 0.3 is 6.01 Å². The standard InChI is InChI=1S/C11H19N5O2/c1-12-9-14-10(16-11(15-9)18-3)13-7-4-5-8(6-7)17-2/h7-8H,4-6H2,1-3H3,(H2,12,13,14,15,16). The van der Waals surface area contributed by atoms with Crippen LogP contribution in [0.15, 0.2) is 0 Å². The van der Waals surface area contributed by atoms with Crippen LogP contribution in [0.5, 0.6) is 6.01 Å². The van der Waals surface area contributed by atoms with Crippen LogP contribution in [0.3, 0.4) is 0 Å². The molecule has 2 unspecified atom stereocenters. The van der Waals surface area contributed by atoms with Crippen molar-refractivity contribution < 1.29 is 9.47 Å². The van der Waals surface area contributed by atoms with Crippen molar-refractivity contribution in [3.8, 4) is 6.01 Å². The predicted molar refractivity (Wildman–Crippen MR) is 68.0 cm³/mol. The van der Waals surface area contributed by atoms with Gasteiger partial charge in [0.25, 0.3) is 0 Å². The molecule has 7 heteroatoms. The molecule has 2 N–H and O–H groups in total. The maximum atomic E-state index is 5.34. The summed E-state index contributed by atoms with van der Waals surface area (Å²) < 4.78 is 10.4. The van der Waals surface area contributed by atoms with Crippen molar-refractivity contribution in [2.24, 2.45) is 0 Å². The lowest BCUT2D eigenvalue weighted by Crippen LogP contribution is -2.19. The number of ether oxygens (including phenoxy) is 2. The molecular weight excluding hydrogens is 234 g/mol. The van der Waals surface area contributed by atoms with E-state index >= 15 is 0 Å². The van der Waals surface area contributed by atoms with Crippen molar-refractivity contribution in [3.05, 3.63) is 0 Å². The first-order chi connectivity index (χ1) is 8.75. The Morgan fingerprint density at radius 3 is 2.50 bits per heavy atom. The summed E-state index contributed by atoms with van der Waals surface area (Å²) in [7, 11) is 5.04. The van der Waals surface area contributed by atoms with Crippen molar-refractivity contribution in [1.29, 1.82) is 0 Å². The van der Waals surface area contributed by atoms with Crippen molar-refractivity contribution in [3.63, 3.8) is 0 Å². The summed E-state index contributed by atoms with van der Waals surface area (Å²) in [6.07, 6.45) is 3.42. The number of methoxy groups -OCH3 is 2. The maximum absolute atomic E-state index is 5.34. The summed E-state index contributed by atoms with van der Waals surface area (Å²) in [5.41, 5.74) is 0. The van der Waals surface area contributed by atoms with Crippen molar-refractivity contribution in [2.75, 3.05) is 31.9 Å². The molecule has 0 spiro atoms. The van der Waals surface area contributed by atoms with Gasteiger partial charge in [0.2, 0.25) is 11.9 Å². The number of nitrogens with one attached hydrogen (secondary N) is 2. The monoisotopic (exact) mass is 253 g/mol. The molecule has 1 aromatic heterocycles. The van der Waals surface area contributed by atoms with Crippen LogP contribution in [0.25, 0.3) is 0 Å². The Balaban J connectivity index is 2.04. The van der Waals surface area contributed by atoms with E-state index in [0.717, 1.165) is 19.3 Å². The van der Waals surface area contributed by atoms with Crippen LogP contribution in [-0.2, 0) is 4.74 Å². The van der Waals surface area contributed by atoms with Crippen LogP contribution in [0.4, 0.5) is 11.9 Å². The first-order valence-electron chi connectivity index (χ1n) is 6.02. The highest BCUT2D eigenvalue weighted by molar-refractivity contribution is 5.36. The van der Waals surface area contributed by atoms with Crippen LogP contribution in [-0.4, -0.2) is 48.4 Å². The fraction of sp³-hybridized carbons (Fsp3) is 0.727. The van der Waals surface area contributed by atoms with E-state index in [0.29, 0.717) is 30.1 Å².